The Balaban J connectivity index is 2.70. The molecule has 1 saturated heterocycles. The molecule has 12 nitrogen and oxygen atoms in total. The number of carbonyl (C=O) groups excluding carboxylic acids is 3. The molecule has 1 rings (SSSR count). The summed E-state index contributed by atoms with van der Waals surface area (Å²) in [6.07, 6.45) is 59.6. The summed E-state index contributed by atoms with van der Waals surface area (Å²) in [6.45, 7) is 5.73. The molecular weight excluding hydrogens is 997 g/mol. The maximum Gasteiger partial charge on any atom is 0.335 e. The molecule has 0 spiro atoms. The highest BCUT2D eigenvalue weighted by Crippen LogP contribution is 2.26. The quantitative estimate of drug-likeness (QED) is 0.0228. The first-order valence-corrected chi connectivity index (χ1v) is 31.2. The molecule has 0 aromatic rings. The minimum Gasteiger partial charge on any atom is -0.479 e. The third kappa shape index (κ3) is 44.0. The number of carboxylic acids is 1. The number of aliphatic hydroxyl groups excluding tert-OH is 2. The van der Waals surface area contributed by atoms with Gasteiger partial charge in [0.1, 0.15) is 18.8 Å². The van der Waals surface area contributed by atoms with Crippen LogP contribution in [0.3, 0.4) is 0 Å². The summed E-state index contributed by atoms with van der Waals surface area (Å²) < 4.78 is 28.4. The molecule has 12 heteroatoms. The lowest BCUT2D eigenvalue weighted by Gasteiger charge is -2.40. The number of carboxylic acid groups (broad SMARTS) is 1. The van der Waals surface area contributed by atoms with E-state index in [1.807, 2.05) is 18.2 Å². The van der Waals surface area contributed by atoms with Crippen molar-refractivity contribution in [3.63, 3.8) is 0 Å². The van der Waals surface area contributed by atoms with Gasteiger partial charge in [-0.25, -0.2) is 4.79 Å². The third-order valence-electron chi connectivity index (χ3n) is 13.7. The highest BCUT2D eigenvalue weighted by atomic mass is 16.7. The molecule has 79 heavy (non-hydrogen) atoms. The smallest absolute Gasteiger partial charge is 0.335 e. The predicted octanol–water partition coefficient (Wildman–Crippen LogP) is 16.5. The fraction of sp³-hybridized carbons (Fsp3) is 0.701. The van der Waals surface area contributed by atoms with Gasteiger partial charge in [-0.3, -0.25) is 14.4 Å². The Bertz CT molecular complexity index is 1740. The molecule has 0 saturated carbocycles. The van der Waals surface area contributed by atoms with Crippen molar-refractivity contribution in [3.05, 3.63) is 97.2 Å². The fourth-order valence-electron chi connectivity index (χ4n) is 8.96. The van der Waals surface area contributed by atoms with Crippen LogP contribution in [0.2, 0.25) is 0 Å². The first-order valence-electron chi connectivity index (χ1n) is 31.2. The van der Waals surface area contributed by atoms with Crippen LogP contribution in [0.5, 0.6) is 0 Å². The molecule has 1 aliphatic heterocycles. The zero-order chi connectivity index (χ0) is 57.5. The van der Waals surface area contributed by atoms with Crippen molar-refractivity contribution in [2.45, 2.75) is 289 Å². The first-order chi connectivity index (χ1) is 38.6. The van der Waals surface area contributed by atoms with Gasteiger partial charge >= 0.3 is 23.9 Å². The number of aliphatic carboxylic acids is 1. The number of hydrogen-bond donors (Lipinski definition) is 3. The topological polar surface area (TPSA) is 175 Å². The molecule has 0 amide bonds. The maximum atomic E-state index is 13.2. The van der Waals surface area contributed by atoms with Gasteiger partial charge in [0.15, 0.2) is 24.6 Å². The molecule has 1 heterocycles. The summed E-state index contributed by atoms with van der Waals surface area (Å²) in [5.74, 6) is -3.24. The summed E-state index contributed by atoms with van der Waals surface area (Å²) in [4.78, 5) is 51.2. The van der Waals surface area contributed by atoms with Crippen molar-refractivity contribution >= 4 is 23.9 Å². The van der Waals surface area contributed by atoms with Crippen LogP contribution in [0, 0.1) is 0 Å². The van der Waals surface area contributed by atoms with E-state index in [1.165, 1.54) is 83.5 Å². The largest absolute Gasteiger partial charge is 0.479 e. The van der Waals surface area contributed by atoms with E-state index in [1.54, 1.807) is 0 Å². The van der Waals surface area contributed by atoms with Crippen LogP contribution >= 0.6 is 0 Å². The minimum absolute atomic E-state index is 0.0646. The average Bonchev–Trinajstić information content (AvgIpc) is 3.44. The van der Waals surface area contributed by atoms with E-state index in [4.69, 9.17) is 23.7 Å². The van der Waals surface area contributed by atoms with Gasteiger partial charge < -0.3 is 39.0 Å². The van der Waals surface area contributed by atoms with E-state index in [0.29, 0.717) is 25.7 Å². The summed E-state index contributed by atoms with van der Waals surface area (Å²) in [6, 6.07) is 0. The van der Waals surface area contributed by atoms with Gasteiger partial charge in [0.2, 0.25) is 0 Å². The van der Waals surface area contributed by atoms with Gasteiger partial charge in [0, 0.05) is 19.3 Å². The molecule has 450 valence electrons. The number of aliphatic hydroxyl groups is 2. The van der Waals surface area contributed by atoms with Crippen molar-refractivity contribution in [1.29, 1.82) is 0 Å². The zero-order valence-electron chi connectivity index (χ0n) is 49.6. The fourth-order valence-corrected chi connectivity index (χ4v) is 8.96. The Morgan fingerprint density at radius 3 is 1.27 bits per heavy atom. The van der Waals surface area contributed by atoms with Crippen molar-refractivity contribution in [1.82, 2.24) is 0 Å². The van der Waals surface area contributed by atoms with E-state index < -0.39 is 67.3 Å². The molecule has 0 radical (unpaired) electrons. The van der Waals surface area contributed by atoms with Gasteiger partial charge in [-0.05, 0) is 83.5 Å². The molecule has 6 unspecified atom stereocenters. The van der Waals surface area contributed by atoms with Crippen molar-refractivity contribution < 1.29 is 58.2 Å². The van der Waals surface area contributed by atoms with E-state index in [9.17, 15) is 34.5 Å². The van der Waals surface area contributed by atoms with E-state index >= 15 is 0 Å². The van der Waals surface area contributed by atoms with Gasteiger partial charge in [-0.1, -0.05) is 246 Å². The van der Waals surface area contributed by atoms with Crippen LogP contribution < -0.4 is 0 Å². The lowest BCUT2D eigenvalue weighted by Crippen LogP contribution is -2.61. The van der Waals surface area contributed by atoms with Crippen LogP contribution in [0.25, 0.3) is 0 Å². The molecule has 0 aliphatic carbocycles. The number of ether oxygens (including phenoxy) is 5. The van der Waals surface area contributed by atoms with Crippen LogP contribution in [0.15, 0.2) is 97.2 Å². The number of esters is 3. The molecule has 3 N–H and O–H groups in total. The molecule has 6 atom stereocenters. The monoisotopic (exact) mass is 1110 g/mol. The summed E-state index contributed by atoms with van der Waals surface area (Å²) >= 11 is 0. The van der Waals surface area contributed by atoms with E-state index in [-0.39, 0.29) is 25.9 Å². The Morgan fingerprint density at radius 2 is 0.823 bits per heavy atom. The van der Waals surface area contributed by atoms with Gasteiger partial charge in [0.25, 0.3) is 0 Å². The van der Waals surface area contributed by atoms with Gasteiger partial charge in [0.05, 0.1) is 6.61 Å². The molecule has 0 aromatic carbocycles. The summed E-state index contributed by atoms with van der Waals surface area (Å²) in [7, 11) is 0. The van der Waals surface area contributed by atoms with Crippen LogP contribution in [-0.2, 0) is 42.9 Å². The first kappa shape index (κ1) is 72.7. The van der Waals surface area contributed by atoms with Crippen molar-refractivity contribution in [2.24, 2.45) is 0 Å². The Labute approximate surface area is 479 Å². The molecule has 1 aliphatic rings. The van der Waals surface area contributed by atoms with Crippen molar-refractivity contribution in [3.8, 4) is 0 Å². The normalized spacial score (nSPS) is 18.5. The zero-order valence-corrected chi connectivity index (χ0v) is 49.6. The summed E-state index contributed by atoms with van der Waals surface area (Å²) in [5, 5.41) is 31.5. The van der Waals surface area contributed by atoms with Gasteiger partial charge in [-0.2, -0.15) is 0 Å². The Morgan fingerprint density at radius 1 is 0.430 bits per heavy atom. The molecule has 1 fully saturated rings. The molecular formula is C67H110O12. The van der Waals surface area contributed by atoms with Crippen LogP contribution in [-0.4, -0.2) is 89.2 Å². The SMILES string of the molecule is CC/C=C\C/C=C\C/C=C\C/C=C\CCCCCCCCC(=O)OCC(COC1OC(C(=O)O)C(O)C(O)C1OC(=O)CC/C=C\C/C=C\C/C=C\C/C=C\CC)OC(=O)CCCCCCCCCCCCCCCCCCC. The standard InChI is InChI=1S/C67H110O12/c1-4-7-10-13-16-19-22-25-27-29-30-32-33-36-38-41-44-47-50-53-59(68)75-56-58(77-60(69)54-51-48-45-42-40-37-34-31-28-26-23-20-17-14-11-8-5-2)57-76-67-65(63(72)62(71)64(79-67)66(73)74)78-61(70)55-52-49-46-43-39-35-24-21-18-15-12-9-6-3/h7,9-10,12,16,18-19,21,25,27,30,32,35,39,46,49,58,62-65,67,71-72H,4-6,8,11,13-15,17,20,22-24,26,28-29,31,33-34,36-38,40-45,47-48,50-57H2,1-3H3,(H,73,74)/b10-7-,12-9-,19-16-,21-18-,27-25-,32-30-,39-35-,49-46-. The third-order valence-corrected chi connectivity index (χ3v) is 13.7. The van der Waals surface area contributed by atoms with Crippen LogP contribution in [0.4, 0.5) is 0 Å². The lowest BCUT2D eigenvalue weighted by atomic mass is 9.98. The van der Waals surface area contributed by atoms with Crippen LogP contribution in [0.1, 0.15) is 252 Å². The second-order valence-electron chi connectivity index (χ2n) is 20.9. The summed E-state index contributed by atoms with van der Waals surface area (Å²) in [5.41, 5.74) is 0. The highest BCUT2D eigenvalue weighted by Gasteiger charge is 2.50. The maximum absolute atomic E-state index is 13.2. The number of rotatable bonds is 52. The van der Waals surface area contributed by atoms with Crippen molar-refractivity contribution in [2.75, 3.05) is 13.2 Å². The number of allylic oxidation sites excluding steroid dienone is 16. The molecule has 0 bridgehead atoms. The molecule has 0 aromatic heterocycles. The second-order valence-corrected chi connectivity index (χ2v) is 20.9. The number of hydrogen-bond acceptors (Lipinski definition) is 11. The highest BCUT2D eigenvalue weighted by molar-refractivity contribution is 5.74. The van der Waals surface area contributed by atoms with E-state index in [2.05, 4.69) is 99.8 Å². The Kier molecular flexibility index (Phi) is 49.9. The average molecular weight is 1110 g/mol. The minimum atomic E-state index is -1.93. The van der Waals surface area contributed by atoms with Gasteiger partial charge in [-0.15, -0.1) is 0 Å². The predicted molar refractivity (Wildman–Crippen MR) is 321 cm³/mol. The van der Waals surface area contributed by atoms with E-state index in [0.717, 1.165) is 103 Å². The second kappa shape index (κ2) is 54.2. The Hall–Kier alpha value is -4.36. The lowest BCUT2D eigenvalue weighted by molar-refractivity contribution is -0.301. The number of carbonyl (C=O) groups is 4. The number of unbranched alkanes of at least 4 members (excludes halogenated alkanes) is 22.